The Hall–Kier alpha value is -2.96. The molecule has 4 aromatic rings. The first-order valence-electron chi connectivity index (χ1n) is 10.1. The van der Waals surface area contributed by atoms with Crippen molar-refractivity contribution in [3.05, 3.63) is 113 Å². The zero-order chi connectivity index (χ0) is 21.4. The second kappa shape index (κ2) is 8.29. The first kappa shape index (κ1) is 20.0. The first-order valence-corrected chi connectivity index (χ1v) is 11.3. The molecule has 6 heteroatoms. The normalized spacial score (nSPS) is 18.3. The molecule has 1 aliphatic rings. The van der Waals surface area contributed by atoms with E-state index in [2.05, 4.69) is 116 Å². The topological polar surface area (TPSA) is 33.1 Å². The smallest absolute Gasteiger partial charge is 0.174 e. The molecule has 0 saturated carbocycles. The molecule has 1 N–H and O–H groups in total. The van der Waals surface area contributed by atoms with Crippen molar-refractivity contribution in [1.29, 1.82) is 0 Å². The van der Waals surface area contributed by atoms with Gasteiger partial charge in [0.1, 0.15) is 6.04 Å². The third kappa shape index (κ3) is 3.77. The maximum Gasteiger partial charge on any atom is 0.174 e. The zero-order valence-electron chi connectivity index (χ0n) is 16.9. The third-order valence-corrected chi connectivity index (χ3v) is 6.41. The minimum atomic E-state index is -0.0710. The predicted octanol–water partition coefficient (Wildman–Crippen LogP) is 6.12. The molecule has 5 rings (SSSR count). The fourth-order valence-electron chi connectivity index (χ4n) is 4.18. The van der Waals surface area contributed by atoms with Crippen LogP contribution in [0, 0.1) is 6.92 Å². The fraction of sp³-hybridized carbons (Fsp3) is 0.120. The lowest BCUT2D eigenvalue weighted by atomic mass is 10.0. The van der Waals surface area contributed by atoms with Gasteiger partial charge in [0.15, 0.2) is 5.11 Å². The fourth-order valence-corrected chi connectivity index (χ4v) is 4.79. The van der Waals surface area contributed by atoms with Crippen LogP contribution in [0.2, 0.25) is 0 Å². The van der Waals surface area contributed by atoms with E-state index in [0.717, 1.165) is 27.2 Å². The minimum absolute atomic E-state index is 0.0529. The van der Waals surface area contributed by atoms with Crippen LogP contribution in [0.4, 0.5) is 5.69 Å². The number of anilines is 1. The number of benzene rings is 2. The van der Waals surface area contributed by atoms with E-state index in [1.54, 1.807) is 0 Å². The zero-order valence-corrected chi connectivity index (χ0v) is 19.3. The molecular weight excluding hydrogens is 468 g/mol. The van der Waals surface area contributed by atoms with Gasteiger partial charge in [-0.25, -0.2) is 0 Å². The molecule has 0 aliphatic carbocycles. The Morgan fingerprint density at radius 3 is 2.52 bits per heavy atom. The molecule has 2 unspecified atom stereocenters. The van der Waals surface area contributed by atoms with E-state index in [1.807, 2.05) is 18.3 Å². The molecule has 2 aromatic carbocycles. The Morgan fingerprint density at radius 1 is 0.935 bits per heavy atom. The van der Waals surface area contributed by atoms with Crippen molar-refractivity contribution in [3.63, 3.8) is 0 Å². The maximum atomic E-state index is 5.84. The van der Waals surface area contributed by atoms with Crippen LogP contribution in [0.15, 0.2) is 95.7 Å². The highest BCUT2D eigenvalue weighted by Crippen LogP contribution is 2.42. The largest absolute Gasteiger partial charge is 0.351 e. The van der Waals surface area contributed by atoms with Gasteiger partial charge in [0, 0.05) is 33.9 Å². The van der Waals surface area contributed by atoms with Gasteiger partial charge in [-0.1, -0.05) is 34.1 Å². The van der Waals surface area contributed by atoms with E-state index in [9.17, 15) is 0 Å². The van der Waals surface area contributed by atoms with Crippen molar-refractivity contribution >= 4 is 38.9 Å². The molecule has 1 saturated heterocycles. The summed E-state index contributed by atoms with van der Waals surface area (Å²) >= 11 is 9.38. The maximum absolute atomic E-state index is 5.84. The summed E-state index contributed by atoms with van der Waals surface area (Å²) in [5, 5.41) is 4.24. The molecule has 2 atom stereocenters. The van der Waals surface area contributed by atoms with Crippen molar-refractivity contribution in [2.24, 2.45) is 0 Å². The van der Waals surface area contributed by atoms with Crippen LogP contribution in [0.1, 0.15) is 29.0 Å². The molecule has 1 fully saturated rings. The van der Waals surface area contributed by atoms with Gasteiger partial charge in [-0.2, -0.15) is 0 Å². The van der Waals surface area contributed by atoms with Gasteiger partial charge < -0.3 is 14.8 Å². The molecule has 0 amide bonds. The molecule has 0 spiro atoms. The number of hydrogen-bond acceptors (Lipinski definition) is 2. The van der Waals surface area contributed by atoms with Crippen molar-refractivity contribution in [1.82, 2.24) is 14.9 Å². The number of halogens is 1. The number of hydrogen-bond donors (Lipinski definition) is 1. The summed E-state index contributed by atoms with van der Waals surface area (Å²) in [5.74, 6) is 0. The Labute approximate surface area is 195 Å². The molecule has 2 aromatic heterocycles. The summed E-state index contributed by atoms with van der Waals surface area (Å²) in [4.78, 5) is 6.87. The van der Waals surface area contributed by atoms with Crippen LogP contribution in [-0.2, 0) is 0 Å². The summed E-state index contributed by atoms with van der Waals surface area (Å²) in [6, 6.07) is 27.0. The molecule has 0 radical (unpaired) electrons. The van der Waals surface area contributed by atoms with Crippen molar-refractivity contribution in [3.8, 4) is 5.69 Å². The Kier molecular flexibility index (Phi) is 5.34. The van der Waals surface area contributed by atoms with Gasteiger partial charge in [-0.05, 0) is 85.4 Å². The number of thiocarbonyl (C=S) groups is 1. The van der Waals surface area contributed by atoms with Gasteiger partial charge >= 0.3 is 0 Å². The molecule has 1 aliphatic heterocycles. The van der Waals surface area contributed by atoms with Crippen LogP contribution in [0.25, 0.3) is 5.69 Å². The average Bonchev–Trinajstić information content (AvgIpc) is 3.39. The number of nitrogens with zero attached hydrogens (tertiary/aromatic N) is 3. The lowest BCUT2D eigenvalue weighted by Crippen LogP contribution is -2.30. The Balaban J connectivity index is 1.67. The first-order chi connectivity index (χ1) is 15.1. The Bertz CT molecular complexity index is 1220. The highest BCUT2D eigenvalue weighted by molar-refractivity contribution is 9.10. The Morgan fingerprint density at radius 2 is 1.77 bits per heavy atom. The number of rotatable bonds is 4. The SMILES string of the molecule is Cc1cccc(N2C(=S)NC(c3ccccn3)C2c2cccn2-c2ccc(Br)cc2)c1. The second-order valence-electron chi connectivity index (χ2n) is 7.62. The van der Waals surface area contributed by atoms with E-state index in [4.69, 9.17) is 12.2 Å². The van der Waals surface area contributed by atoms with E-state index < -0.39 is 0 Å². The molecule has 154 valence electrons. The average molecular weight is 489 g/mol. The lowest BCUT2D eigenvalue weighted by molar-refractivity contribution is 0.549. The number of aryl methyl sites for hydroxylation is 1. The van der Waals surface area contributed by atoms with Crippen molar-refractivity contribution in [2.75, 3.05) is 4.90 Å². The van der Waals surface area contributed by atoms with Gasteiger partial charge in [0.2, 0.25) is 0 Å². The lowest BCUT2D eigenvalue weighted by Gasteiger charge is -2.29. The number of pyridine rings is 1. The predicted molar refractivity (Wildman–Crippen MR) is 133 cm³/mol. The molecule has 31 heavy (non-hydrogen) atoms. The standard InChI is InChI=1S/C25H21BrN4S/c1-17-6-4-7-20(16-17)30-24(23(28-25(30)31)21-8-2-3-14-27-21)22-9-5-15-29(22)19-12-10-18(26)11-13-19/h2-16,23-24H,1H3,(H,28,31). The summed E-state index contributed by atoms with van der Waals surface area (Å²) < 4.78 is 3.28. The molecular formula is C25H21BrN4S. The third-order valence-electron chi connectivity index (χ3n) is 5.57. The van der Waals surface area contributed by atoms with Gasteiger partial charge in [0.05, 0.1) is 11.7 Å². The van der Waals surface area contributed by atoms with E-state index in [1.165, 1.54) is 5.56 Å². The number of nitrogens with one attached hydrogen (secondary N) is 1. The summed E-state index contributed by atoms with van der Waals surface area (Å²) in [6.07, 6.45) is 3.93. The molecule has 4 nitrogen and oxygen atoms in total. The van der Waals surface area contributed by atoms with E-state index >= 15 is 0 Å². The van der Waals surface area contributed by atoms with Crippen LogP contribution >= 0.6 is 28.1 Å². The van der Waals surface area contributed by atoms with Gasteiger partial charge in [-0.15, -0.1) is 0 Å². The van der Waals surface area contributed by atoms with Crippen LogP contribution in [0.5, 0.6) is 0 Å². The van der Waals surface area contributed by atoms with Crippen molar-refractivity contribution < 1.29 is 0 Å². The minimum Gasteiger partial charge on any atom is -0.351 e. The van der Waals surface area contributed by atoms with Gasteiger partial charge in [-0.3, -0.25) is 4.98 Å². The summed E-state index contributed by atoms with van der Waals surface area (Å²) in [7, 11) is 0. The highest BCUT2D eigenvalue weighted by Gasteiger charge is 2.42. The molecule has 0 bridgehead atoms. The van der Waals surface area contributed by atoms with Crippen LogP contribution in [-0.4, -0.2) is 14.7 Å². The molecule has 3 heterocycles. The quantitative estimate of drug-likeness (QED) is 0.350. The van der Waals surface area contributed by atoms with Gasteiger partial charge in [0.25, 0.3) is 0 Å². The number of aromatic nitrogens is 2. The van der Waals surface area contributed by atoms with E-state index in [0.29, 0.717) is 5.11 Å². The summed E-state index contributed by atoms with van der Waals surface area (Å²) in [6.45, 7) is 2.10. The highest BCUT2D eigenvalue weighted by atomic mass is 79.9. The van der Waals surface area contributed by atoms with Crippen LogP contribution < -0.4 is 10.2 Å². The van der Waals surface area contributed by atoms with Crippen molar-refractivity contribution in [2.45, 2.75) is 19.0 Å². The van der Waals surface area contributed by atoms with Crippen LogP contribution in [0.3, 0.4) is 0 Å². The monoisotopic (exact) mass is 488 g/mol. The second-order valence-corrected chi connectivity index (χ2v) is 8.92. The summed E-state index contributed by atoms with van der Waals surface area (Å²) in [5.41, 5.74) is 5.48. The van der Waals surface area contributed by atoms with E-state index in [-0.39, 0.29) is 12.1 Å².